The van der Waals surface area contributed by atoms with Crippen molar-refractivity contribution in [2.24, 2.45) is 0 Å². The third-order valence-electron chi connectivity index (χ3n) is 2.09. The Morgan fingerprint density at radius 2 is 2.40 bits per heavy atom. The first-order chi connectivity index (χ1) is 7.18. The van der Waals surface area contributed by atoms with Gasteiger partial charge >= 0.3 is 5.97 Å². The fourth-order valence-corrected chi connectivity index (χ4v) is 1.46. The first kappa shape index (κ1) is 9.51. The van der Waals surface area contributed by atoms with Gasteiger partial charge in [0.1, 0.15) is 17.9 Å². The third kappa shape index (κ3) is 1.76. The van der Waals surface area contributed by atoms with Crippen LogP contribution in [0.1, 0.15) is 0 Å². The molecule has 0 atom stereocenters. The predicted octanol–water partition coefficient (Wildman–Crippen LogP) is 1.35. The summed E-state index contributed by atoms with van der Waals surface area (Å²) in [6, 6.07) is 3.52. The van der Waals surface area contributed by atoms with Crippen molar-refractivity contribution in [1.82, 2.24) is 4.98 Å². The Bertz CT molecular complexity index is 492. The molecular formula is C10H10N2O3. The van der Waals surface area contributed by atoms with Gasteiger partial charge in [-0.1, -0.05) is 0 Å². The zero-order chi connectivity index (χ0) is 10.8. The van der Waals surface area contributed by atoms with E-state index in [0.29, 0.717) is 11.4 Å². The first-order valence-electron chi connectivity index (χ1n) is 4.43. The molecule has 0 unspecified atom stereocenters. The molecule has 2 rings (SSSR count). The largest absolute Gasteiger partial charge is 0.480 e. The van der Waals surface area contributed by atoms with Crippen LogP contribution in [0.4, 0.5) is 5.82 Å². The van der Waals surface area contributed by atoms with Gasteiger partial charge in [-0.3, -0.25) is 4.79 Å². The summed E-state index contributed by atoms with van der Waals surface area (Å²) in [5, 5.41) is 9.50. The number of rotatable bonds is 3. The van der Waals surface area contributed by atoms with Gasteiger partial charge in [-0.2, -0.15) is 0 Å². The number of hydrogen-bond acceptors (Lipinski definition) is 4. The molecular weight excluding hydrogens is 196 g/mol. The molecule has 0 saturated carbocycles. The minimum Gasteiger partial charge on any atom is -0.480 e. The van der Waals surface area contributed by atoms with Crippen LogP contribution in [-0.4, -0.2) is 29.7 Å². The number of carboxylic acid groups (broad SMARTS) is 1. The fourth-order valence-electron chi connectivity index (χ4n) is 1.46. The number of pyridine rings is 1. The number of fused-ring (bicyclic) bond motifs is 1. The van der Waals surface area contributed by atoms with Crippen molar-refractivity contribution in [1.29, 1.82) is 0 Å². The Morgan fingerprint density at radius 1 is 1.60 bits per heavy atom. The molecule has 0 aliphatic heterocycles. The van der Waals surface area contributed by atoms with Crippen molar-refractivity contribution >= 4 is 22.8 Å². The van der Waals surface area contributed by atoms with Crippen molar-refractivity contribution in [3.63, 3.8) is 0 Å². The highest BCUT2D eigenvalue weighted by molar-refractivity contribution is 5.89. The number of furan rings is 1. The Kier molecular flexibility index (Phi) is 2.29. The maximum Gasteiger partial charge on any atom is 0.323 e. The monoisotopic (exact) mass is 206 g/mol. The number of carboxylic acids is 1. The zero-order valence-electron chi connectivity index (χ0n) is 8.17. The average Bonchev–Trinajstić information content (AvgIpc) is 2.63. The van der Waals surface area contributed by atoms with Crippen molar-refractivity contribution in [2.75, 3.05) is 18.5 Å². The smallest absolute Gasteiger partial charge is 0.323 e. The summed E-state index contributed by atoms with van der Waals surface area (Å²) in [5.74, 6) is -0.275. The molecule has 0 aromatic carbocycles. The first-order valence-corrected chi connectivity index (χ1v) is 4.43. The Morgan fingerprint density at radius 3 is 3.13 bits per heavy atom. The maximum absolute atomic E-state index is 10.6. The number of aromatic nitrogens is 1. The van der Waals surface area contributed by atoms with Gasteiger partial charge in [0.25, 0.3) is 0 Å². The standard InChI is InChI=1S/C10H10N2O3/c1-12(6-9(13)14)10-7-3-5-15-8(7)2-4-11-10/h2-5H,6H2,1H3,(H,13,14). The van der Waals surface area contributed by atoms with E-state index >= 15 is 0 Å². The molecule has 5 heteroatoms. The second kappa shape index (κ2) is 3.61. The molecule has 0 bridgehead atoms. The van der Waals surface area contributed by atoms with Crippen molar-refractivity contribution in [3.05, 3.63) is 24.6 Å². The average molecular weight is 206 g/mol. The Hall–Kier alpha value is -2.04. The van der Waals surface area contributed by atoms with Crippen LogP contribution >= 0.6 is 0 Å². The molecule has 2 heterocycles. The van der Waals surface area contributed by atoms with Crippen LogP contribution in [0.3, 0.4) is 0 Å². The minimum atomic E-state index is -0.889. The predicted molar refractivity (Wildman–Crippen MR) is 54.9 cm³/mol. The van der Waals surface area contributed by atoms with Crippen molar-refractivity contribution in [2.45, 2.75) is 0 Å². The van der Waals surface area contributed by atoms with Crippen molar-refractivity contribution in [3.8, 4) is 0 Å². The van der Waals surface area contributed by atoms with Crippen LogP contribution in [0, 0.1) is 0 Å². The highest BCUT2D eigenvalue weighted by atomic mass is 16.4. The summed E-state index contributed by atoms with van der Waals surface area (Å²) in [6.07, 6.45) is 3.16. The molecule has 0 aliphatic carbocycles. The topological polar surface area (TPSA) is 66.6 Å². The van der Waals surface area contributed by atoms with E-state index in [1.165, 1.54) is 0 Å². The second-order valence-corrected chi connectivity index (χ2v) is 3.22. The number of aliphatic carboxylic acids is 1. The molecule has 0 aliphatic rings. The maximum atomic E-state index is 10.6. The van der Waals surface area contributed by atoms with Gasteiger partial charge in [0.05, 0.1) is 11.6 Å². The third-order valence-corrected chi connectivity index (χ3v) is 2.09. The number of nitrogens with zero attached hydrogens (tertiary/aromatic N) is 2. The highest BCUT2D eigenvalue weighted by Gasteiger charge is 2.11. The van der Waals surface area contributed by atoms with Gasteiger partial charge in [-0.25, -0.2) is 4.98 Å². The van der Waals surface area contributed by atoms with Gasteiger partial charge in [-0.15, -0.1) is 0 Å². The second-order valence-electron chi connectivity index (χ2n) is 3.22. The van der Waals surface area contributed by atoms with E-state index in [-0.39, 0.29) is 6.54 Å². The lowest BCUT2D eigenvalue weighted by atomic mass is 10.3. The van der Waals surface area contributed by atoms with Crippen LogP contribution in [-0.2, 0) is 4.79 Å². The molecule has 15 heavy (non-hydrogen) atoms. The lowest BCUT2D eigenvalue weighted by molar-refractivity contribution is -0.135. The number of hydrogen-bond donors (Lipinski definition) is 1. The Labute approximate surface area is 85.9 Å². The van der Waals surface area contributed by atoms with Gasteiger partial charge in [-0.05, 0) is 12.1 Å². The molecule has 5 nitrogen and oxygen atoms in total. The molecule has 2 aromatic rings. The van der Waals surface area contributed by atoms with Crippen LogP contribution in [0.15, 0.2) is 29.0 Å². The van der Waals surface area contributed by atoms with Crippen LogP contribution in [0.2, 0.25) is 0 Å². The van der Waals surface area contributed by atoms with Crippen LogP contribution in [0.5, 0.6) is 0 Å². The summed E-state index contributed by atoms with van der Waals surface area (Å²) in [4.78, 5) is 16.3. The van der Waals surface area contributed by atoms with E-state index in [9.17, 15) is 4.79 Å². The van der Waals surface area contributed by atoms with E-state index < -0.39 is 5.97 Å². The van der Waals surface area contributed by atoms with Gasteiger partial charge in [0, 0.05) is 13.2 Å². The highest BCUT2D eigenvalue weighted by Crippen LogP contribution is 2.23. The number of carbonyl (C=O) groups is 1. The van der Waals surface area contributed by atoms with Gasteiger partial charge < -0.3 is 14.4 Å². The number of likely N-dealkylation sites (N-methyl/N-ethyl adjacent to an activating group) is 1. The molecule has 78 valence electrons. The lowest BCUT2D eigenvalue weighted by Crippen LogP contribution is -2.25. The van der Waals surface area contributed by atoms with E-state index in [1.807, 2.05) is 0 Å². The summed E-state index contributed by atoms with van der Waals surface area (Å²) < 4.78 is 5.20. The number of anilines is 1. The summed E-state index contributed by atoms with van der Waals surface area (Å²) >= 11 is 0. The van der Waals surface area contributed by atoms with Gasteiger partial charge in [0.2, 0.25) is 0 Å². The quantitative estimate of drug-likeness (QED) is 0.821. The fraction of sp³-hybridized carbons (Fsp3) is 0.200. The molecule has 2 aromatic heterocycles. The zero-order valence-corrected chi connectivity index (χ0v) is 8.17. The molecule has 0 saturated heterocycles. The molecule has 1 N–H and O–H groups in total. The van der Waals surface area contributed by atoms with Crippen molar-refractivity contribution < 1.29 is 14.3 Å². The summed E-state index contributed by atoms with van der Waals surface area (Å²) in [7, 11) is 1.68. The molecule has 0 amide bonds. The minimum absolute atomic E-state index is 0.0860. The lowest BCUT2D eigenvalue weighted by Gasteiger charge is -2.15. The van der Waals surface area contributed by atoms with Crippen LogP contribution in [0.25, 0.3) is 11.0 Å². The van der Waals surface area contributed by atoms with E-state index in [2.05, 4.69) is 4.98 Å². The normalized spacial score (nSPS) is 10.5. The SMILES string of the molecule is CN(CC(=O)O)c1nccc2occc12. The van der Waals surface area contributed by atoms with E-state index in [4.69, 9.17) is 9.52 Å². The summed E-state index contributed by atoms with van der Waals surface area (Å²) in [6.45, 7) is -0.0860. The molecule has 0 spiro atoms. The summed E-state index contributed by atoms with van der Waals surface area (Å²) in [5.41, 5.74) is 0.706. The molecule has 0 radical (unpaired) electrons. The van der Waals surface area contributed by atoms with E-state index in [1.54, 1.807) is 36.5 Å². The van der Waals surface area contributed by atoms with Crippen LogP contribution < -0.4 is 4.90 Å². The van der Waals surface area contributed by atoms with E-state index in [0.717, 1.165) is 5.39 Å². The van der Waals surface area contributed by atoms with Gasteiger partial charge in [0.15, 0.2) is 0 Å². The Balaban J connectivity index is 2.42. The molecule has 0 fully saturated rings.